The third-order valence-electron chi connectivity index (χ3n) is 3.63. The summed E-state index contributed by atoms with van der Waals surface area (Å²) in [5.41, 5.74) is 3.31. The molecular weight excluding hydrogens is 356 g/mol. The van der Waals surface area contributed by atoms with E-state index in [1.165, 1.54) is 11.3 Å². The average molecular weight is 369 g/mol. The largest absolute Gasteiger partial charge is 0.305 e. The first-order valence-electron chi connectivity index (χ1n) is 7.61. The molecule has 4 aromatic rings. The number of nitrogens with zero attached hydrogens (tertiary/aromatic N) is 3. The zero-order valence-electron chi connectivity index (χ0n) is 13.0. The van der Waals surface area contributed by atoms with Crippen molar-refractivity contribution in [1.29, 1.82) is 0 Å². The van der Waals surface area contributed by atoms with Crippen LogP contribution in [0.25, 0.3) is 16.9 Å². The van der Waals surface area contributed by atoms with Gasteiger partial charge in [0, 0.05) is 23.3 Å². The highest BCUT2D eigenvalue weighted by Gasteiger charge is 2.11. The van der Waals surface area contributed by atoms with Gasteiger partial charge >= 0.3 is 0 Å². The highest BCUT2D eigenvalue weighted by molar-refractivity contribution is 7.14. The number of carbonyl (C=O) groups excluding carboxylic acids is 1. The summed E-state index contributed by atoms with van der Waals surface area (Å²) in [6.45, 7) is 0. The summed E-state index contributed by atoms with van der Waals surface area (Å²) < 4.78 is 1.81. The third kappa shape index (κ3) is 3.55. The fourth-order valence-electron chi connectivity index (χ4n) is 2.50. The van der Waals surface area contributed by atoms with Crippen molar-refractivity contribution < 1.29 is 4.79 Å². The number of fused-ring (bicyclic) bond motifs is 1. The number of aromatic nitrogens is 3. The third-order valence-corrected chi connectivity index (χ3v) is 4.61. The molecule has 1 aromatic carbocycles. The molecule has 0 aliphatic carbocycles. The van der Waals surface area contributed by atoms with Crippen LogP contribution in [0.2, 0.25) is 5.02 Å². The van der Waals surface area contributed by atoms with Crippen molar-refractivity contribution in [3.63, 3.8) is 0 Å². The Bertz CT molecular complexity index is 1040. The highest BCUT2D eigenvalue weighted by Crippen LogP contribution is 2.24. The number of hydrogen-bond acceptors (Lipinski definition) is 4. The summed E-state index contributed by atoms with van der Waals surface area (Å²) in [6.07, 6.45) is 3.75. The number of pyridine rings is 1. The molecule has 0 saturated carbocycles. The van der Waals surface area contributed by atoms with Gasteiger partial charge in [-0.15, -0.1) is 11.3 Å². The van der Waals surface area contributed by atoms with E-state index in [0.717, 1.165) is 16.9 Å². The minimum absolute atomic E-state index is 0.150. The van der Waals surface area contributed by atoms with E-state index in [0.29, 0.717) is 15.8 Å². The summed E-state index contributed by atoms with van der Waals surface area (Å²) >= 11 is 7.36. The molecule has 25 heavy (non-hydrogen) atoms. The number of thiazole rings is 1. The number of amides is 1. The SMILES string of the molecule is O=C(Cc1cn2cc(Cl)ccc2n1)Nc1nc(-c2ccccc2)cs1. The molecule has 5 nitrogen and oxygen atoms in total. The Hall–Kier alpha value is -2.70. The molecule has 3 heterocycles. The van der Waals surface area contributed by atoms with E-state index >= 15 is 0 Å². The number of rotatable bonds is 4. The molecule has 0 bridgehead atoms. The number of halogens is 1. The number of hydrogen-bond donors (Lipinski definition) is 1. The molecule has 0 unspecified atom stereocenters. The normalized spacial score (nSPS) is 10.9. The van der Waals surface area contributed by atoms with E-state index < -0.39 is 0 Å². The van der Waals surface area contributed by atoms with Gasteiger partial charge in [-0.1, -0.05) is 41.9 Å². The van der Waals surface area contributed by atoms with Crippen molar-refractivity contribution in [3.8, 4) is 11.3 Å². The van der Waals surface area contributed by atoms with Gasteiger partial charge in [0.2, 0.25) is 5.91 Å². The van der Waals surface area contributed by atoms with E-state index in [2.05, 4.69) is 15.3 Å². The lowest BCUT2D eigenvalue weighted by atomic mass is 10.2. The van der Waals surface area contributed by atoms with Crippen LogP contribution in [0.15, 0.2) is 60.2 Å². The molecule has 0 aliphatic rings. The van der Waals surface area contributed by atoms with Crippen molar-refractivity contribution in [2.75, 3.05) is 5.32 Å². The second-order valence-electron chi connectivity index (χ2n) is 5.47. The minimum Gasteiger partial charge on any atom is -0.305 e. The summed E-state index contributed by atoms with van der Waals surface area (Å²) in [4.78, 5) is 21.1. The first-order valence-corrected chi connectivity index (χ1v) is 8.87. The van der Waals surface area contributed by atoms with Crippen molar-refractivity contribution in [2.24, 2.45) is 0 Å². The molecule has 0 radical (unpaired) electrons. The maximum atomic E-state index is 12.3. The molecule has 1 amide bonds. The van der Waals surface area contributed by atoms with Gasteiger partial charge in [-0.2, -0.15) is 0 Å². The van der Waals surface area contributed by atoms with Crippen molar-refractivity contribution >= 4 is 39.6 Å². The number of imidazole rings is 1. The lowest BCUT2D eigenvalue weighted by Crippen LogP contribution is -2.14. The minimum atomic E-state index is -0.150. The Labute approximate surface area is 152 Å². The van der Waals surface area contributed by atoms with Crippen molar-refractivity contribution in [1.82, 2.24) is 14.4 Å². The number of nitrogens with one attached hydrogen (secondary N) is 1. The van der Waals surface area contributed by atoms with Crippen LogP contribution in [0.3, 0.4) is 0 Å². The van der Waals surface area contributed by atoms with Crippen LogP contribution in [0.1, 0.15) is 5.69 Å². The van der Waals surface area contributed by atoms with Crippen LogP contribution in [-0.4, -0.2) is 20.3 Å². The van der Waals surface area contributed by atoms with Crippen molar-refractivity contribution in [3.05, 3.63) is 71.0 Å². The Balaban J connectivity index is 1.46. The van der Waals surface area contributed by atoms with Gasteiger partial charge in [-0.25, -0.2) is 9.97 Å². The highest BCUT2D eigenvalue weighted by atomic mass is 35.5. The molecular formula is C18H13ClN4OS. The van der Waals surface area contributed by atoms with Crippen LogP contribution in [-0.2, 0) is 11.2 Å². The lowest BCUT2D eigenvalue weighted by Gasteiger charge is -1.99. The molecule has 0 atom stereocenters. The summed E-state index contributed by atoms with van der Waals surface area (Å²) in [5, 5.41) is 5.96. The Morgan fingerprint density at radius 3 is 2.80 bits per heavy atom. The second-order valence-corrected chi connectivity index (χ2v) is 6.77. The smallest absolute Gasteiger partial charge is 0.232 e. The van der Waals surface area contributed by atoms with E-state index in [9.17, 15) is 4.79 Å². The van der Waals surface area contributed by atoms with Crippen LogP contribution < -0.4 is 5.32 Å². The van der Waals surface area contributed by atoms with E-state index in [-0.39, 0.29) is 12.3 Å². The number of benzene rings is 1. The summed E-state index contributed by atoms with van der Waals surface area (Å²) in [7, 11) is 0. The van der Waals surface area contributed by atoms with Crippen LogP contribution in [0.5, 0.6) is 0 Å². The zero-order chi connectivity index (χ0) is 17.2. The number of carbonyl (C=O) groups is 1. The van der Waals surface area contributed by atoms with Gasteiger partial charge in [0.25, 0.3) is 0 Å². The quantitative estimate of drug-likeness (QED) is 0.584. The molecule has 0 aliphatic heterocycles. The Morgan fingerprint density at radius 1 is 1.12 bits per heavy atom. The maximum Gasteiger partial charge on any atom is 0.232 e. The molecule has 0 fully saturated rings. The molecule has 3 aromatic heterocycles. The van der Waals surface area contributed by atoms with Gasteiger partial charge in [-0.3, -0.25) is 4.79 Å². The average Bonchev–Trinajstić information content (AvgIpc) is 3.21. The maximum absolute atomic E-state index is 12.3. The monoisotopic (exact) mass is 368 g/mol. The molecule has 124 valence electrons. The second kappa shape index (κ2) is 6.66. The topological polar surface area (TPSA) is 59.3 Å². The fourth-order valence-corrected chi connectivity index (χ4v) is 3.41. The van der Waals surface area contributed by atoms with E-state index in [1.807, 2.05) is 46.2 Å². The van der Waals surface area contributed by atoms with Crippen LogP contribution >= 0.6 is 22.9 Å². The van der Waals surface area contributed by atoms with Gasteiger partial charge in [0.05, 0.1) is 22.8 Å². The standard InChI is InChI=1S/C18H13ClN4OS/c19-13-6-7-16-20-14(10-23(16)9-13)8-17(24)22-18-21-15(11-25-18)12-4-2-1-3-5-12/h1-7,9-11H,8H2,(H,21,22,24). The molecule has 4 rings (SSSR count). The fraction of sp³-hybridized carbons (Fsp3) is 0.0556. The molecule has 0 spiro atoms. The van der Waals surface area contributed by atoms with Gasteiger partial charge in [-0.05, 0) is 12.1 Å². The van der Waals surface area contributed by atoms with Gasteiger partial charge in [0.15, 0.2) is 5.13 Å². The molecule has 0 saturated heterocycles. The van der Waals surface area contributed by atoms with Gasteiger partial charge in [0.1, 0.15) is 5.65 Å². The Morgan fingerprint density at radius 2 is 1.96 bits per heavy atom. The molecule has 1 N–H and O–H groups in total. The first kappa shape index (κ1) is 15.8. The van der Waals surface area contributed by atoms with E-state index in [1.54, 1.807) is 18.5 Å². The van der Waals surface area contributed by atoms with Crippen LogP contribution in [0, 0.1) is 0 Å². The predicted octanol–water partition coefficient (Wildman–Crippen LogP) is 4.29. The van der Waals surface area contributed by atoms with Crippen molar-refractivity contribution in [2.45, 2.75) is 6.42 Å². The lowest BCUT2D eigenvalue weighted by molar-refractivity contribution is -0.115. The number of anilines is 1. The summed E-state index contributed by atoms with van der Waals surface area (Å²) in [5.74, 6) is -0.150. The van der Waals surface area contributed by atoms with Crippen LogP contribution in [0.4, 0.5) is 5.13 Å². The molecule has 7 heteroatoms. The Kier molecular flexibility index (Phi) is 4.21. The van der Waals surface area contributed by atoms with Gasteiger partial charge < -0.3 is 9.72 Å². The van der Waals surface area contributed by atoms with E-state index in [4.69, 9.17) is 11.6 Å². The summed E-state index contributed by atoms with van der Waals surface area (Å²) in [6, 6.07) is 13.4. The first-order chi connectivity index (χ1) is 12.2. The predicted molar refractivity (Wildman–Crippen MR) is 100 cm³/mol. The zero-order valence-corrected chi connectivity index (χ0v) is 14.6.